The molecule has 0 saturated heterocycles. The van der Waals surface area contributed by atoms with E-state index in [1.165, 1.54) is 10.9 Å². The third-order valence-electron chi connectivity index (χ3n) is 5.00. The lowest BCUT2D eigenvalue weighted by atomic mass is 10.1. The highest BCUT2D eigenvalue weighted by Crippen LogP contribution is 2.28. The first kappa shape index (κ1) is 21.0. The highest BCUT2D eigenvalue weighted by atomic mass is 35.5. The number of halogens is 1. The molecule has 1 N–H and O–H groups in total. The SMILES string of the molecule is Cc1ccccc1NC(=O)c1sc2ncn(CC(=O)c3ccc(Cl)cc3)c(=O)c2c1C. The molecule has 0 aliphatic heterocycles. The normalized spacial score (nSPS) is 10.9. The number of benzene rings is 2. The van der Waals surface area contributed by atoms with Crippen molar-refractivity contribution < 1.29 is 9.59 Å². The number of para-hydroxylation sites is 1. The summed E-state index contributed by atoms with van der Waals surface area (Å²) in [5.74, 6) is -0.525. The van der Waals surface area contributed by atoms with Crippen LogP contribution in [0.1, 0.15) is 31.2 Å². The number of anilines is 1. The van der Waals surface area contributed by atoms with Crippen LogP contribution in [0.5, 0.6) is 0 Å². The molecular formula is C23H18ClN3O3S. The first-order valence-corrected chi connectivity index (χ1v) is 10.7. The zero-order valence-electron chi connectivity index (χ0n) is 16.8. The van der Waals surface area contributed by atoms with Crippen LogP contribution in [-0.2, 0) is 6.54 Å². The zero-order valence-corrected chi connectivity index (χ0v) is 18.4. The predicted octanol–water partition coefficient (Wildman–Crippen LogP) is 4.86. The van der Waals surface area contributed by atoms with Crippen LogP contribution in [-0.4, -0.2) is 21.2 Å². The third kappa shape index (κ3) is 4.15. The standard InChI is InChI=1S/C23H18ClN3O3S/c1-13-5-3-4-6-17(13)26-21(29)20-14(2)19-22(31-20)25-12-27(23(19)30)11-18(28)15-7-9-16(24)10-8-15/h3-10,12H,11H2,1-2H3,(H,26,29). The molecule has 4 rings (SSSR count). The molecule has 6 nitrogen and oxygen atoms in total. The quantitative estimate of drug-likeness (QED) is 0.439. The van der Waals surface area contributed by atoms with Crippen molar-refractivity contribution in [2.24, 2.45) is 0 Å². The summed E-state index contributed by atoms with van der Waals surface area (Å²) in [7, 11) is 0. The number of ketones is 1. The lowest BCUT2D eigenvalue weighted by Gasteiger charge is -2.07. The van der Waals surface area contributed by atoms with Gasteiger partial charge in [-0.25, -0.2) is 4.98 Å². The van der Waals surface area contributed by atoms with Crippen LogP contribution in [0.15, 0.2) is 59.7 Å². The van der Waals surface area contributed by atoms with Gasteiger partial charge in [-0.15, -0.1) is 11.3 Å². The predicted molar refractivity (Wildman–Crippen MR) is 124 cm³/mol. The van der Waals surface area contributed by atoms with E-state index in [0.29, 0.717) is 36.9 Å². The van der Waals surface area contributed by atoms with Crippen molar-refractivity contribution >= 4 is 50.5 Å². The summed E-state index contributed by atoms with van der Waals surface area (Å²) in [5, 5.41) is 3.77. The second kappa shape index (κ2) is 8.45. The van der Waals surface area contributed by atoms with Crippen LogP contribution < -0.4 is 10.9 Å². The molecule has 8 heteroatoms. The number of rotatable bonds is 5. The minimum absolute atomic E-state index is 0.149. The summed E-state index contributed by atoms with van der Waals surface area (Å²) >= 11 is 7.02. The van der Waals surface area contributed by atoms with Gasteiger partial charge in [-0.2, -0.15) is 0 Å². The maximum absolute atomic E-state index is 13.0. The molecule has 4 aromatic rings. The van der Waals surface area contributed by atoms with E-state index in [2.05, 4.69) is 10.3 Å². The van der Waals surface area contributed by atoms with E-state index < -0.39 is 0 Å². The minimum atomic E-state index is -0.351. The largest absolute Gasteiger partial charge is 0.321 e. The van der Waals surface area contributed by atoms with E-state index in [9.17, 15) is 14.4 Å². The molecule has 0 aliphatic carbocycles. The number of carbonyl (C=O) groups excluding carboxylic acids is 2. The summed E-state index contributed by atoms with van der Waals surface area (Å²) in [6, 6.07) is 14.0. The minimum Gasteiger partial charge on any atom is -0.321 e. The summed E-state index contributed by atoms with van der Waals surface area (Å²) in [6.07, 6.45) is 1.34. The second-order valence-corrected chi connectivity index (χ2v) is 8.55. The van der Waals surface area contributed by atoms with Gasteiger partial charge in [-0.1, -0.05) is 29.8 Å². The number of amides is 1. The molecule has 2 heterocycles. The van der Waals surface area contributed by atoms with E-state index in [0.717, 1.165) is 16.9 Å². The highest BCUT2D eigenvalue weighted by Gasteiger charge is 2.20. The third-order valence-corrected chi connectivity index (χ3v) is 6.45. The number of fused-ring (bicyclic) bond motifs is 1. The number of aryl methyl sites for hydroxylation is 2. The van der Waals surface area contributed by atoms with E-state index >= 15 is 0 Å². The lowest BCUT2D eigenvalue weighted by molar-refractivity contribution is 0.0969. The number of nitrogens with one attached hydrogen (secondary N) is 1. The van der Waals surface area contributed by atoms with Gasteiger partial charge in [0.2, 0.25) is 0 Å². The van der Waals surface area contributed by atoms with Gasteiger partial charge in [0.1, 0.15) is 4.83 Å². The molecule has 0 atom stereocenters. The Labute approximate surface area is 187 Å². The number of thiophene rings is 1. The molecular weight excluding hydrogens is 434 g/mol. The summed E-state index contributed by atoms with van der Waals surface area (Å²) in [4.78, 5) is 43.6. The van der Waals surface area contributed by atoms with Gasteiger partial charge in [0, 0.05) is 16.3 Å². The van der Waals surface area contributed by atoms with Gasteiger partial charge in [-0.05, 0) is 55.3 Å². The fourth-order valence-electron chi connectivity index (χ4n) is 3.26. The van der Waals surface area contributed by atoms with Crippen molar-refractivity contribution in [3.05, 3.63) is 91.8 Å². The fraction of sp³-hybridized carbons (Fsp3) is 0.130. The maximum atomic E-state index is 13.0. The molecule has 0 radical (unpaired) electrons. The van der Waals surface area contributed by atoms with Gasteiger partial charge in [0.15, 0.2) is 5.78 Å². The van der Waals surface area contributed by atoms with E-state index in [4.69, 9.17) is 11.6 Å². The van der Waals surface area contributed by atoms with Gasteiger partial charge in [0.25, 0.3) is 11.5 Å². The van der Waals surface area contributed by atoms with Crippen LogP contribution in [0.2, 0.25) is 5.02 Å². The summed E-state index contributed by atoms with van der Waals surface area (Å²) in [5.41, 5.74) is 2.31. The first-order valence-electron chi connectivity index (χ1n) is 9.49. The number of Topliss-reactive ketones (excluding diaryl/α,β-unsaturated/α-hetero) is 1. The Kier molecular flexibility index (Phi) is 5.71. The molecule has 0 saturated carbocycles. The molecule has 0 unspecified atom stereocenters. The Hall–Kier alpha value is -3.29. The van der Waals surface area contributed by atoms with Crippen LogP contribution in [0.3, 0.4) is 0 Å². The van der Waals surface area contributed by atoms with Crippen molar-refractivity contribution in [3.63, 3.8) is 0 Å². The van der Waals surface area contributed by atoms with Gasteiger partial charge in [0.05, 0.1) is 23.1 Å². The van der Waals surface area contributed by atoms with E-state index in [1.807, 2.05) is 31.2 Å². The topological polar surface area (TPSA) is 81.1 Å². The molecule has 0 spiro atoms. The average Bonchev–Trinajstić information content (AvgIpc) is 3.09. The van der Waals surface area contributed by atoms with Gasteiger partial charge in [-0.3, -0.25) is 19.0 Å². The molecule has 31 heavy (non-hydrogen) atoms. The maximum Gasteiger partial charge on any atom is 0.266 e. The summed E-state index contributed by atoms with van der Waals surface area (Å²) in [6.45, 7) is 3.48. The van der Waals surface area contributed by atoms with Crippen molar-refractivity contribution in [2.45, 2.75) is 20.4 Å². The lowest BCUT2D eigenvalue weighted by Crippen LogP contribution is -2.24. The smallest absolute Gasteiger partial charge is 0.266 e. The molecule has 0 aliphatic rings. The van der Waals surface area contributed by atoms with Crippen molar-refractivity contribution in [3.8, 4) is 0 Å². The molecule has 2 aromatic carbocycles. The van der Waals surface area contributed by atoms with Gasteiger partial charge < -0.3 is 5.32 Å². The Balaban J connectivity index is 1.65. The number of hydrogen-bond donors (Lipinski definition) is 1. The number of aromatic nitrogens is 2. The molecule has 2 aromatic heterocycles. The summed E-state index contributed by atoms with van der Waals surface area (Å²) < 4.78 is 1.27. The van der Waals surface area contributed by atoms with Crippen LogP contribution in [0, 0.1) is 13.8 Å². The van der Waals surface area contributed by atoms with E-state index in [-0.39, 0.29) is 23.8 Å². The monoisotopic (exact) mass is 451 g/mol. The second-order valence-electron chi connectivity index (χ2n) is 7.11. The Morgan fingerprint density at radius 1 is 1.10 bits per heavy atom. The molecule has 0 fully saturated rings. The Bertz CT molecular complexity index is 1370. The number of hydrogen-bond acceptors (Lipinski definition) is 5. The van der Waals surface area contributed by atoms with Crippen LogP contribution >= 0.6 is 22.9 Å². The number of carbonyl (C=O) groups is 2. The Morgan fingerprint density at radius 3 is 2.52 bits per heavy atom. The van der Waals surface area contributed by atoms with E-state index in [1.54, 1.807) is 31.2 Å². The molecule has 156 valence electrons. The Morgan fingerprint density at radius 2 is 1.81 bits per heavy atom. The average molecular weight is 452 g/mol. The zero-order chi connectivity index (χ0) is 22.1. The number of nitrogens with zero attached hydrogens (tertiary/aromatic N) is 2. The van der Waals surface area contributed by atoms with Gasteiger partial charge >= 0.3 is 0 Å². The first-order chi connectivity index (χ1) is 14.8. The van der Waals surface area contributed by atoms with Crippen molar-refractivity contribution in [2.75, 3.05) is 5.32 Å². The molecule has 0 bridgehead atoms. The van der Waals surface area contributed by atoms with Crippen molar-refractivity contribution in [1.82, 2.24) is 9.55 Å². The van der Waals surface area contributed by atoms with Crippen LogP contribution in [0.25, 0.3) is 10.2 Å². The highest BCUT2D eigenvalue weighted by molar-refractivity contribution is 7.20. The van der Waals surface area contributed by atoms with Crippen LogP contribution in [0.4, 0.5) is 5.69 Å². The molecule has 1 amide bonds. The van der Waals surface area contributed by atoms with Crippen molar-refractivity contribution in [1.29, 1.82) is 0 Å². The fourth-order valence-corrected chi connectivity index (χ4v) is 4.42.